The van der Waals surface area contributed by atoms with Crippen molar-refractivity contribution in [3.8, 4) is 28.8 Å². The molecule has 1 N–H and O–H groups in total. The summed E-state index contributed by atoms with van der Waals surface area (Å²) >= 11 is 5.85. The first-order valence-electron chi connectivity index (χ1n) is 11.2. The van der Waals surface area contributed by atoms with Gasteiger partial charge in [0.1, 0.15) is 18.2 Å². The minimum Gasteiger partial charge on any atom is -0.484 e. The molecule has 4 aromatic rings. The predicted octanol–water partition coefficient (Wildman–Crippen LogP) is 5.16. The van der Waals surface area contributed by atoms with Gasteiger partial charge in [0.05, 0.1) is 12.3 Å². The Balaban J connectivity index is 1.47. The van der Waals surface area contributed by atoms with Crippen LogP contribution >= 0.6 is 11.6 Å². The number of hydrogen-bond acceptors (Lipinski definition) is 6. The van der Waals surface area contributed by atoms with Crippen LogP contribution in [-0.2, 0) is 9.53 Å². The zero-order valence-electron chi connectivity index (χ0n) is 19.5. The molecular formula is C26H24ClFN4O4. The average molecular weight is 511 g/mol. The van der Waals surface area contributed by atoms with Crippen LogP contribution in [0.25, 0.3) is 17.1 Å². The minimum atomic E-state index is -0.389. The molecule has 8 nitrogen and oxygen atoms in total. The molecule has 0 spiro atoms. The number of carbonyl (C=O) groups is 1. The summed E-state index contributed by atoms with van der Waals surface area (Å²) < 4.78 is 31.8. The van der Waals surface area contributed by atoms with Gasteiger partial charge in [-0.05, 0) is 67.6 Å². The lowest BCUT2D eigenvalue weighted by atomic mass is 10.2. The van der Waals surface area contributed by atoms with Gasteiger partial charge in [-0.2, -0.15) is 4.98 Å². The van der Waals surface area contributed by atoms with Crippen LogP contribution in [0.1, 0.15) is 6.92 Å². The lowest BCUT2D eigenvalue weighted by Gasteiger charge is -2.09. The number of carbonyl (C=O) groups excluding carboxylic acids is 1. The molecule has 1 heterocycles. The van der Waals surface area contributed by atoms with E-state index in [2.05, 4.69) is 15.4 Å². The third kappa shape index (κ3) is 6.80. The van der Waals surface area contributed by atoms with Crippen molar-refractivity contribution < 1.29 is 23.4 Å². The van der Waals surface area contributed by atoms with E-state index in [1.54, 1.807) is 65.3 Å². The van der Waals surface area contributed by atoms with Gasteiger partial charge in [0.2, 0.25) is 0 Å². The van der Waals surface area contributed by atoms with Crippen molar-refractivity contribution in [3.05, 3.63) is 83.6 Å². The van der Waals surface area contributed by atoms with E-state index in [1.165, 1.54) is 12.1 Å². The van der Waals surface area contributed by atoms with Crippen molar-refractivity contribution in [3.63, 3.8) is 0 Å². The Morgan fingerprint density at radius 3 is 2.53 bits per heavy atom. The molecule has 36 heavy (non-hydrogen) atoms. The number of halogens is 2. The Bertz CT molecular complexity index is 1300. The first-order valence-corrected chi connectivity index (χ1v) is 11.6. The minimum absolute atomic E-state index is 0.144. The molecule has 0 aliphatic rings. The number of amides is 1. The Morgan fingerprint density at radius 2 is 1.81 bits per heavy atom. The zero-order valence-corrected chi connectivity index (χ0v) is 20.2. The highest BCUT2D eigenvalue weighted by atomic mass is 35.5. The SMILES string of the molecule is CCOCCOc1nc(-c2cccc(F)c2)n(-c2ccc(NC(=O)COc3ccc(Cl)cc3)cc2)n1. The molecule has 3 aromatic carbocycles. The smallest absolute Gasteiger partial charge is 0.336 e. The Morgan fingerprint density at radius 1 is 1.03 bits per heavy atom. The Kier molecular flexibility index (Phi) is 8.48. The second-order valence-electron chi connectivity index (χ2n) is 7.52. The molecule has 0 bridgehead atoms. The molecule has 0 aliphatic carbocycles. The molecule has 0 atom stereocenters. The lowest BCUT2D eigenvalue weighted by Crippen LogP contribution is -2.20. The molecule has 0 saturated heterocycles. The first-order chi connectivity index (χ1) is 17.5. The maximum atomic E-state index is 13.9. The fourth-order valence-corrected chi connectivity index (χ4v) is 3.37. The van der Waals surface area contributed by atoms with Crippen molar-refractivity contribution in [2.75, 3.05) is 31.7 Å². The van der Waals surface area contributed by atoms with E-state index >= 15 is 0 Å². The van der Waals surface area contributed by atoms with Gasteiger partial charge in [-0.1, -0.05) is 23.7 Å². The highest BCUT2D eigenvalue weighted by molar-refractivity contribution is 6.30. The summed E-state index contributed by atoms with van der Waals surface area (Å²) in [6, 6.07) is 19.9. The molecule has 0 aliphatic heterocycles. The van der Waals surface area contributed by atoms with Gasteiger partial charge < -0.3 is 19.5 Å². The molecular weight excluding hydrogens is 487 g/mol. The third-order valence-corrected chi connectivity index (χ3v) is 5.16. The number of nitrogens with zero attached hydrogens (tertiary/aromatic N) is 3. The number of aromatic nitrogens is 3. The number of rotatable bonds is 11. The molecule has 10 heteroatoms. The fraction of sp³-hybridized carbons (Fsp3) is 0.192. The van der Waals surface area contributed by atoms with Crippen molar-refractivity contribution in [1.29, 1.82) is 0 Å². The number of anilines is 1. The second kappa shape index (κ2) is 12.1. The standard InChI is InChI=1S/C26H24ClFN4O4/c1-2-34-14-15-35-26-30-25(18-4-3-5-20(28)16-18)32(31-26)22-10-8-21(9-11-22)29-24(33)17-36-23-12-6-19(27)7-13-23/h3-13,16H,2,14-15,17H2,1H3,(H,29,33). The maximum absolute atomic E-state index is 13.9. The van der Waals surface area contributed by atoms with Crippen molar-refractivity contribution in [2.24, 2.45) is 0 Å². The van der Waals surface area contributed by atoms with Gasteiger partial charge in [-0.3, -0.25) is 4.79 Å². The molecule has 0 fully saturated rings. The lowest BCUT2D eigenvalue weighted by molar-refractivity contribution is -0.118. The van der Waals surface area contributed by atoms with Gasteiger partial charge in [-0.25, -0.2) is 9.07 Å². The topological polar surface area (TPSA) is 87.5 Å². The van der Waals surface area contributed by atoms with Gasteiger partial charge in [0.15, 0.2) is 12.4 Å². The van der Waals surface area contributed by atoms with E-state index in [1.807, 2.05) is 6.92 Å². The number of nitrogens with one attached hydrogen (secondary N) is 1. The summed E-state index contributed by atoms with van der Waals surface area (Å²) in [5, 5.41) is 7.80. The normalized spacial score (nSPS) is 10.8. The van der Waals surface area contributed by atoms with E-state index in [-0.39, 0.29) is 30.9 Å². The van der Waals surface area contributed by atoms with Crippen LogP contribution in [0.3, 0.4) is 0 Å². The molecule has 0 radical (unpaired) electrons. The van der Waals surface area contributed by atoms with Crippen molar-refractivity contribution in [2.45, 2.75) is 6.92 Å². The van der Waals surface area contributed by atoms with Crippen LogP contribution in [0.15, 0.2) is 72.8 Å². The van der Waals surface area contributed by atoms with Gasteiger partial charge in [0.25, 0.3) is 5.91 Å². The molecule has 1 amide bonds. The fourth-order valence-electron chi connectivity index (χ4n) is 3.25. The first kappa shape index (κ1) is 25.2. The third-order valence-electron chi connectivity index (χ3n) is 4.91. The summed E-state index contributed by atoms with van der Waals surface area (Å²) in [6.07, 6.45) is 0. The highest BCUT2D eigenvalue weighted by Gasteiger charge is 2.16. The summed E-state index contributed by atoms with van der Waals surface area (Å²) in [7, 11) is 0. The quantitative estimate of drug-likeness (QED) is 0.280. The molecule has 0 saturated carbocycles. The monoisotopic (exact) mass is 510 g/mol. The van der Waals surface area contributed by atoms with E-state index in [0.29, 0.717) is 46.7 Å². The Hall–Kier alpha value is -3.95. The molecule has 0 unspecified atom stereocenters. The maximum Gasteiger partial charge on any atom is 0.336 e. The predicted molar refractivity (Wildman–Crippen MR) is 134 cm³/mol. The summed E-state index contributed by atoms with van der Waals surface area (Å²) in [5.74, 6) is 0.248. The average Bonchev–Trinajstić information content (AvgIpc) is 3.31. The Labute approximate surface area is 212 Å². The van der Waals surface area contributed by atoms with Crippen molar-refractivity contribution >= 4 is 23.2 Å². The van der Waals surface area contributed by atoms with Crippen molar-refractivity contribution in [1.82, 2.24) is 14.8 Å². The number of benzene rings is 3. The zero-order chi connectivity index (χ0) is 25.3. The molecule has 1 aromatic heterocycles. The summed E-state index contributed by atoms with van der Waals surface area (Å²) in [5.41, 5.74) is 1.76. The van der Waals surface area contributed by atoms with Crippen LogP contribution in [-0.4, -0.2) is 47.1 Å². The van der Waals surface area contributed by atoms with Crippen LogP contribution in [0.2, 0.25) is 5.02 Å². The van der Waals surface area contributed by atoms with Crippen LogP contribution in [0.5, 0.6) is 11.8 Å². The summed E-state index contributed by atoms with van der Waals surface area (Å²) in [4.78, 5) is 16.7. The highest BCUT2D eigenvalue weighted by Crippen LogP contribution is 2.25. The second-order valence-corrected chi connectivity index (χ2v) is 7.96. The van der Waals surface area contributed by atoms with E-state index in [9.17, 15) is 9.18 Å². The van der Waals surface area contributed by atoms with E-state index in [0.717, 1.165) is 0 Å². The van der Waals surface area contributed by atoms with Crippen LogP contribution < -0.4 is 14.8 Å². The number of hydrogen-bond donors (Lipinski definition) is 1. The van der Waals surface area contributed by atoms with E-state index < -0.39 is 0 Å². The summed E-state index contributed by atoms with van der Waals surface area (Å²) in [6.45, 7) is 3.00. The van der Waals surface area contributed by atoms with Crippen LogP contribution in [0.4, 0.5) is 10.1 Å². The largest absolute Gasteiger partial charge is 0.484 e. The van der Waals surface area contributed by atoms with Crippen LogP contribution in [0, 0.1) is 5.82 Å². The van der Waals surface area contributed by atoms with Gasteiger partial charge >= 0.3 is 6.01 Å². The molecule has 186 valence electrons. The van der Waals surface area contributed by atoms with Gasteiger partial charge in [-0.15, -0.1) is 5.10 Å². The number of ether oxygens (including phenoxy) is 3. The van der Waals surface area contributed by atoms with E-state index in [4.69, 9.17) is 25.8 Å². The molecule has 4 rings (SSSR count). The van der Waals surface area contributed by atoms with Gasteiger partial charge in [0, 0.05) is 22.9 Å².